The Labute approximate surface area is 204 Å². The fourth-order valence-corrected chi connectivity index (χ4v) is 5.25. The van der Waals surface area contributed by atoms with Crippen LogP contribution in [0.1, 0.15) is 34.5 Å². The van der Waals surface area contributed by atoms with Gasteiger partial charge in [-0.2, -0.15) is 0 Å². The van der Waals surface area contributed by atoms with Crippen molar-refractivity contribution < 1.29 is 17.6 Å². The third-order valence-electron chi connectivity index (χ3n) is 5.64. The van der Waals surface area contributed by atoms with Gasteiger partial charge in [0, 0.05) is 0 Å². The molecule has 4 aromatic rings. The second-order valence-electron chi connectivity index (χ2n) is 8.07. The summed E-state index contributed by atoms with van der Waals surface area (Å²) in [4.78, 5) is 13.5. The summed E-state index contributed by atoms with van der Waals surface area (Å²) in [5.74, 6) is -0.793. The Bertz CT molecular complexity index is 1390. The number of nitrogens with zero attached hydrogens (tertiary/aromatic N) is 1. The second kappa shape index (κ2) is 10.5. The summed E-state index contributed by atoms with van der Waals surface area (Å²) < 4.78 is 42.1. The number of carbonyl (C=O) groups is 1. The van der Waals surface area contributed by atoms with Gasteiger partial charge in [-0.1, -0.05) is 72.8 Å². The Morgan fingerprint density at radius 2 is 1.40 bits per heavy atom. The highest BCUT2D eigenvalue weighted by Gasteiger charge is 2.28. The Morgan fingerprint density at radius 3 is 2.06 bits per heavy atom. The molecule has 1 N–H and O–H groups in total. The normalized spacial score (nSPS) is 12.1. The van der Waals surface area contributed by atoms with E-state index in [9.17, 15) is 17.6 Å². The van der Waals surface area contributed by atoms with Crippen LogP contribution in [0.5, 0.6) is 0 Å². The molecule has 7 heteroatoms. The van der Waals surface area contributed by atoms with E-state index in [-0.39, 0.29) is 28.5 Å². The Balaban J connectivity index is 1.73. The van der Waals surface area contributed by atoms with Crippen LogP contribution in [0.15, 0.2) is 114 Å². The molecule has 0 radical (unpaired) electrons. The molecule has 0 aliphatic carbocycles. The molecule has 0 aliphatic rings. The van der Waals surface area contributed by atoms with Gasteiger partial charge < -0.3 is 5.32 Å². The first-order valence-corrected chi connectivity index (χ1v) is 12.6. The van der Waals surface area contributed by atoms with Gasteiger partial charge in [-0.05, 0) is 54.4 Å². The standard InChI is InChI=1S/C28H25FN2O3S/c1-21(23-16-18-24(29)19-17-23)30-28(32)26-14-8-9-15-27(26)31(20-22-10-4-2-5-11-22)35(33,34)25-12-6-3-7-13-25/h2-19,21H,20H2,1H3,(H,30,32). The maximum atomic E-state index is 13.7. The Hall–Kier alpha value is -3.97. The van der Waals surface area contributed by atoms with Crippen LogP contribution in [-0.2, 0) is 16.6 Å². The highest BCUT2D eigenvalue weighted by Crippen LogP contribution is 2.29. The van der Waals surface area contributed by atoms with Crippen molar-refractivity contribution >= 4 is 21.6 Å². The van der Waals surface area contributed by atoms with Crippen molar-refractivity contribution in [3.05, 3.63) is 132 Å². The number of hydrogen-bond donors (Lipinski definition) is 1. The minimum atomic E-state index is -3.98. The zero-order chi connectivity index (χ0) is 24.8. The minimum absolute atomic E-state index is 0.0515. The molecule has 0 bridgehead atoms. The van der Waals surface area contributed by atoms with Gasteiger partial charge in [0.25, 0.3) is 15.9 Å². The molecule has 1 amide bonds. The van der Waals surface area contributed by atoms with Crippen LogP contribution in [0.3, 0.4) is 0 Å². The van der Waals surface area contributed by atoms with Gasteiger partial charge in [0.15, 0.2) is 0 Å². The number of halogens is 1. The van der Waals surface area contributed by atoms with E-state index in [0.717, 1.165) is 11.1 Å². The van der Waals surface area contributed by atoms with E-state index in [2.05, 4.69) is 5.32 Å². The average Bonchev–Trinajstić information content (AvgIpc) is 2.88. The molecule has 0 heterocycles. The molecule has 0 saturated heterocycles. The van der Waals surface area contributed by atoms with E-state index in [4.69, 9.17) is 0 Å². The molecular formula is C28H25FN2O3S. The van der Waals surface area contributed by atoms with Crippen LogP contribution in [0, 0.1) is 5.82 Å². The summed E-state index contributed by atoms with van der Waals surface area (Å²) in [5, 5.41) is 2.90. The maximum Gasteiger partial charge on any atom is 0.264 e. The predicted octanol–water partition coefficient (Wildman–Crippen LogP) is 5.71. The van der Waals surface area contributed by atoms with Crippen LogP contribution in [0.4, 0.5) is 10.1 Å². The lowest BCUT2D eigenvalue weighted by Crippen LogP contribution is -2.34. The van der Waals surface area contributed by atoms with E-state index in [1.54, 1.807) is 61.5 Å². The van der Waals surface area contributed by atoms with Crippen LogP contribution in [0.25, 0.3) is 0 Å². The van der Waals surface area contributed by atoms with Gasteiger partial charge >= 0.3 is 0 Å². The van der Waals surface area contributed by atoms with Gasteiger partial charge in [0.05, 0.1) is 28.7 Å². The monoisotopic (exact) mass is 488 g/mol. The SMILES string of the molecule is CC(NC(=O)c1ccccc1N(Cc1ccccc1)S(=O)(=O)c1ccccc1)c1ccc(F)cc1. The number of anilines is 1. The molecule has 0 aromatic heterocycles. The van der Waals surface area contributed by atoms with Crippen molar-refractivity contribution in [3.8, 4) is 0 Å². The van der Waals surface area contributed by atoms with Crippen molar-refractivity contribution in [1.82, 2.24) is 5.32 Å². The molecular weight excluding hydrogens is 463 g/mol. The number of rotatable bonds is 8. The summed E-state index contributed by atoms with van der Waals surface area (Å²) in [6.07, 6.45) is 0. The number of benzene rings is 4. The lowest BCUT2D eigenvalue weighted by atomic mass is 10.1. The fraction of sp³-hybridized carbons (Fsp3) is 0.107. The van der Waals surface area contributed by atoms with Crippen LogP contribution in [0.2, 0.25) is 0 Å². The number of nitrogens with one attached hydrogen (secondary N) is 1. The number of amides is 1. The number of hydrogen-bond acceptors (Lipinski definition) is 3. The Kier molecular flexibility index (Phi) is 7.27. The average molecular weight is 489 g/mol. The first kappa shape index (κ1) is 24.2. The van der Waals surface area contributed by atoms with Crippen LogP contribution >= 0.6 is 0 Å². The van der Waals surface area contributed by atoms with E-state index in [1.165, 1.54) is 28.6 Å². The summed E-state index contributed by atoms with van der Waals surface area (Å²) >= 11 is 0. The van der Waals surface area contributed by atoms with Gasteiger partial charge in [-0.25, -0.2) is 12.8 Å². The van der Waals surface area contributed by atoms with E-state index < -0.39 is 22.0 Å². The predicted molar refractivity (Wildman–Crippen MR) is 135 cm³/mol. The third kappa shape index (κ3) is 5.58. The number of carbonyl (C=O) groups excluding carboxylic acids is 1. The topological polar surface area (TPSA) is 66.5 Å². The van der Waals surface area contributed by atoms with Gasteiger partial charge in [-0.15, -0.1) is 0 Å². The molecule has 0 spiro atoms. The highest BCUT2D eigenvalue weighted by atomic mass is 32.2. The smallest absolute Gasteiger partial charge is 0.264 e. The molecule has 178 valence electrons. The first-order chi connectivity index (χ1) is 16.9. The zero-order valence-electron chi connectivity index (χ0n) is 19.1. The number of para-hydroxylation sites is 1. The first-order valence-electron chi connectivity index (χ1n) is 11.1. The molecule has 1 unspecified atom stereocenters. The lowest BCUT2D eigenvalue weighted by Gasteiger charge is -2.27. The van der Waals surface area contributed by atoms with Gasteiger partial charge in [0.1, 0.15) is 5.82 Å². The number of sulfonamides is 1. The quantitative estimate of drug-likeness (QED) is 0.345. The fourth-order valence-electron chi connectivity index (χ4n) is 3.76. The van der Waals surface area contributed by atoms with Crippen molar-refractivity contribution in [2.45, 2.75) is 24.4 Å². The molecule has 4 rings (SSSR count). The van der Waals surface area contributed by atoms with Crippen LogP contribution in [-0.4, -0.2) is 14.3 Å². The zero-order valence-corrected chi connectivity index (χ0v) is 20.0. The minimum Gasteiger partial charge on any atom is -0.345 e. The molecule has 0 saturated carbocycles. The summed E-state index contributed by atoms with van der Waals surface area (Å²) in [5.41, 5.74) is 2.00. The highest BCUT2D eigenvalue weighted by molar-refractivity contribution is 7.92. The van der Waals surface area contributed by atoms with Crippen molar-refractivity contribution in [2.75, 3.05) is 4.31 Å². The largest absolute Gasteiger partial charge is 0.345 e. The summed E-state index contributed by atoms with van der Waals surface area (Å²) in [6, 6.07) is 29.4. The van der Waals surface area contributed by atoms with Crippen LogP contribution < -0.4 is 9.62 Å². The molecule has 35 heavy (non-hydrogen) atoms. The van der Waals surface area contributed by atoms with Crippen molar-refractivity contribution in [1.29, 1.82) is 0 Å². The van der Waals surface area contributed by atoms with E-state index >= 15 is 0 Å². The van der Waals surface area contributed by atoms with E-state index in [0.29, 0.717) is 0 Å². The summed E-state index contributed by atoms with van der Waals surface area (Å²) in [7, 11) is -3.98. The van der Waals surface area contributed by atoms with E-state index in [1.807, 2.05) is 30.3 Å². The van der Waals surface area contributed by atoms with Crippen molar-refractivity contribution in [2.24, 2.45) is 0 Å². The third-order valence-corrected chi connectivity index (χ3v) is 7.41. The second-order valence-corrected chi connectivity index (χ2v) is 9.94. The lowest BCUT2D eigenvalue weighted by molar-refractivity contribution is 0.0940. The molecule has 4 aromatic carbocycles. The van der Waals surface area contributed by atoms with Gasteiger partial charge in [0.2, 0.25) is 0 Å². The molecule has 1 atom stereocenters. The van der Waals surface area contributed by atoms with Gasteiger partial charge in [-0.3, -0.25) is 9.10 Å². The molecule has 0 aliphatic heterocycles. The molecule has 0 fully saturated rings. The summed E-state index contributed by atoms with van der Waals surface area (Å²) in [6.45, 7) is 1.84. The Morgan fingerprint density at radius 1 is 0.829 bits per heavy atom. The van der Waals surface area contributed by atoms with Crippen molar-refractivity contribution in [3.63, 3.8) is 0 Å². The molecule has 5 nitrogen and oxygen atoms in total. The maximum absolute atomic E-state index is 13.7.